The van der Waals surface area contributed by atoms with Gasteiger partial charge in [0.05, 0.1) is 6.54 Å². The van der Waals surface area contributed by atoms with Gasteiger partial charge in [0.2, 0.25) is 0 Å². The number of nitrogens with zero attached hydrogens (tertiary/aromatic N) is 1. The van der Waals surface area contributed by atoms with Crippen LogP contribution in [-0.2, 0) is 0 Å². The highest BCUT2D eigenvalue weighted by Crippen LogP contribution is 2.18. The van der Waals surface area contributed by atoms with Crippen LogP contribution in [0.15, 0.2) is 0 Å². The fourth-order valence-corrected chi connectivity index (χ4v) is 1.61. The Labute approximate surface area is 91.0 Å². The first kappa shape index (κ1) is 12.8. The van der Waals surface area contributed by atoms with Crippen molar-refractivity contribution in [2.75, 3.05) is 20.1 Å². The Hall–Kier alpha value is -0.220. The largest absolute Gasteiger partial charge is 0.314 e. The maximum Gasteiger partial charge on any atom is 0.251 e. The van der Waals surface area contributed by atoms with Crippen molar-refractivity contribution in [3.8, 4) is 0 Å². The molecule has 2 nitrogen and oxygen atoms in total. The molecule has 4 heteroatoms. The zero-order valence-electron chi connectivity index (χ0n) is 9.68. The van der Waals surface area contributed by atoms with Crippen molar-refractivity contribution in [1.82, 2.24) is 10.2 Å². The first-order chi connectivity index (χ1) is 7.09. The topological polar surface area (TPSA) is 15.3 Å². The van der Waals surface area contributed by atoms with Gasteiger partial charge in [-0.2, -0.15) is 0 Å². The van der Waals surface area contributed by atoms with Gasteiger partial charge in [0.25, 0.3) is 6.43 Å². The van der Waals surface area contributed by atoms with Crippen molar-refractivity contribution in [3.63, 3.8) is 0 Å². The number of rotatable bonds is 8. The van der Waals surface area contributed by atoms with E-state index >= 15 is 0 Å². The molecule has 1 fully saturated rings. The Bertz CT molecular complexity index is 172. The third-order valence-electron chi connectivity index (χ3n) is 2.99. The Balaban J connectivity index is 1.97. The van der Waals surface area contributed by atoms with Crippen LogP contribution in [0.1, 0.15) is 32.6 Å². The highest BCUT2D eigenvalue weighted by Gasteiger charge is 2.20. The van der Waals surface area contributed by atoms with Crippen LogP contribution in [0.2, 0.25) is 0 Å². The predicted molar refractivity (Wildman–Crippen MR) is 58.4 cm³/mol. The first-order valence-corrected chi connectivity index (χ1v) is 5.81. The van der Waals surface area contributed by atoms with E-state index in [1.54, 1.807) is 11.9 Å². The minimum absolute atomic E-state index is 0.114. The van der Waals surface area contributed by atoms with Crippen LogP contribution in [0.4, 0.5) is 8.78 Å². The van der Waals surface area contributed by atoms with Crippen LogP contribution in [0.25, 0.3) is 0 Å². The van der Waals surface area contributed by atoms with Crippen LogP contribution in [-0.4, -0.2) is 43.5 Å². The van der Waals surface area contributed by atoms with E-state index in [0.29, 0.717) is 0 Å². The molecule has 1 aliphatic rings. The van der Waals surface area contributed by atoms with Gasteiger partial charge in [-0.05, 0) is 46.2 Å². The number of halogens is 2. The molecule has 1 unspecified atom stereocenters. The molecule has 1 N–H and O–H groups in total. The van der Waals surface area contributed by atoms with Crippen molar-refractivity contribution in [2.45, 2.75) is 51.1 Å². The normalized spacial score (nSPS) is 18.8. The lowest BCUT2D eigenvalue weighted by Crippen LogP contribution is -2.33. The maximum absolute atomic E-state index is 12.1. The molecule has 0 radical (unpaired) electrons. The number of hydrogen-bond donors (Lipinski definition) is 1. The minimum atomic E-state index is -2.22. The Morgan fingerprint density at radius 3 is 2.60 bits per heavy atom. The lowest BCUT2D eigenvalue weighted by atomic mass is 10.1. The summed E-state index contributed by atoms with van der Waals surface area (Å²) in [5, 5.41) is 3.42. The van der Waals surface area contributed by atoms with E-state index in [1.807, 2.05) is 6.92 Å². The average Bonchev–Trinajstić information content (AvgIpc) is 2.94. The fraction of sp³-hybridized carbons (Fsp3) is 1.00. The van der Waals surface area contributed by atoms with Gasteiger partial charge in [-0.1, -0.05) is 0 Å². The van der Waals surface area contributed by atoms with E-state index in [4.69, 9.17) is 0 Å². The second-order valence-corrected chi connectivity index (χ2v) is 4.55. The summed E-state index contributed by atoms with van der Waals surface area (Å²) < 4.78 is 24.2. The molecule has 1 saturated carbocycles. The lowest BCUT2D eigenvalue weighted by molar-refractivity contribution is 0.0820. The summed E-state index contributed by atoms with van der Waals surface area (Å²) in [6.45, 7) is 2.92. The molecule has 0 aromatic rings. The number of nitrogens with one attached hydrogen (secondary N) is 1. The van der Waals surface area contributed by atoms with Gasteiger partial charge in [-0.3, -0.25) is 4.90 Å². The molecule has 0 aromatic carbocycles. The average molecular weight is 220 g/mol. The summed E-state index contributed by atoms with van der Waals surface area (Å²) in [5.74, 6) is 0. The molecule has 0 amide bonds. The summed E-state index contributed by atoms with van der Waals surface area (Å²) in [4.78, 5) is 1.74. The monoisotopic (exact) mass is 220 g/mol. The van der Waals surface area contributed by atoms with Gasteiger partial charge in [0, 0.05) is 12.1 Å². The molecule has 1 rings (SSSR count). The van der Waals surface area contributed by atoms with Crippen LogP contribution in [0.5, 0.6) is 0 Å². The van der Waals surface area contributed by atoms with E-state index in [-0.39, 0.29) is 12.6 Å². The third kappa shape index (κ3) is 6.05. The molecule has 0 bridgehead atoms. The SMILES string of the molecule is CC(CCCNC1CC1)N(C)CC(F)F. The second kappa shape index (κ2) is 6.38. The van der Waals surface area contributed by atoms with Crippen LogP contribution >= 0.6 is 0 Å². The number of alkyl halides is 2. The third-order valence-corrected chi connectivity index (χ3v) is 2.99. The summed E-state index contributed by atoms with van der Waals surface area (Å²) in [6, 6.07) is 0.999. The quantitative estimate of drug-likeness (QED) is 0.630. The first-order valence-electron chi connectivity index (χ1n) is 5.81. The molecule has 0 heterocycles. The van der Waals surface area contributed by atoms with Crippen molar-refractivity contribution in [3.05, 3.63) is 0 Å². The molecule has 15 heavy (non-hydrogen) atoms. The molecule has 0 saturated heterocycles. The molecular formula is C11H22F2N2. The van der Waals surface area contributed by atoms with E-state index < -0.39 is 6.43 Å². The van der Waals surface area contributed by atoms with E-state index in [0.717, 1.165) is 25.4 Å². The van der Waals surface area contributed by atoms with E-state index in [1.165, 1.54) is 12.8 Å². The van der Waals surface area contributed by atoms with Crippen molar-refractivity contribution >= 4 is 0 Å². The molecule has 1 atom stereocenters. The van der Waals surface area contributed by atoms with Crippen molar-refractivity contribution < 1.29 is 8.78 Å². The van der Waals surface area contributed by atoms with Gasteiger partial charge >= 0.3 is 0 Å². The Morgan fingerprint density at radius 1 is 1.40 bits per heavy atom. The minimum Gasteiger partial charge on any atom is -0.314 e. The highest BCUT2D eigenvalue weighted by molar-refractivity contribution is 4.80. The zero-order chi connectivity index (χ0) is 11.3. The van der Waals surface area contributed by atoms with Crippen LogP contribution < -0.4 is 5.32 Å². The van der Waals surface area contributed by atoms with Gasteiger partial charge in [-0.25, -0.2) is 8.78 Å². The molecule has 0 spiro atoms. The van der Waals surface area contributed by atoms with Crippen LogP contribution in [0.3, 0.4) is 0 Å². The van der Waals surface area contributed by atoms with Gasteiger partial charge in [0.1, 0.15) is 0 Å². The summed E-state index contributed by atoms with van der Waals surface area (Å²) in [7, 11) is 1.77. The Kier molecular flexibility index (Phi) is 5.47. The maximum atomic E-state index is 12.1. The highest BCUT2D eigenvalue weighted by atomic mass is 19.3. The standard InChI is InChI=1S/C11H22F2N2/c1-9(15(2)8-11(12)13)4-3-7-14-10-5-6-10/h9-11,14H,3-8H2,1-2H3. The van der Waals surface area contributed by atoms with E-state index in [9.17, 15) is 8.78 Å². The van der Waals surface area contributed by atoms with Crippen LogP contribution in [0, 0.1) is 0 Å². The van der Waals surface area contributed by atoms with Crippen molar-refractivity contribution in [1.29, 1.82) is 0 Å². The lowest BCUT2D eigenvalue weighted by Gasteiger charge is -2.24. The second-order valence-electron chi connectivity index (χ2n) is 4.55. The van der Waals surface area contributed by atoms with Gasteiger partial charge < -0.3 is 5.32 Å². The predicted octanol–water partition coefficient (Wildman–Crippen LogP) is 2.10. The summed E-state index contributed by atoms with van der Waals surface area (Å²) >= 11 is 0. The molecule has 0 aromatic heterocycles. The Morgan fingerprint density at radius 2 is 2.07 bits per heavy atom. The number of hydrogen-bond acceptors (Lipinski definition) is 2. The fourth-order valence-electron chi connectivity index (χ4n) is 1.61. The van der Waals surface area contributed by atoms with Gasteiger partial charge in [-0.15, -0.1) is 0 Å². The molecule has 0 aliphatic heterocycles. The smallest absolute Gasteiger partial charge is 0.251 e. The van der Waals surface area contributed by atoms with Crippen molar-refractivity contribution in [2.24, 2.45) is 0 Å². The van der Waals surface area contributed by atoms with E-state index in [2.05, 4.69) is 5.32 Å². The molecule has 1 aliphatic carbocycles. The summed E-state index contributed by atoms with van der Waals surface area (Å²) in [6.07, 6.45) is 2.46. The molecular weight excluding hydrogens is 198 g/mol. The zero-order valence-corrected chi connectivity index (χ0v) is 9.68. The summed E-state index contributed by atoms with van der Waals surface area (Å²) in [5.41, 5.74) is 0. The van der Waals surface area contributed by atoms with Gasteiger partial charge in [0.15, 0.2) is 0 Å². The molecule has 90 valence electrons.